The zero-order valence-electron chi connectivity index (χ0n) is 17.5. The molecule has 10 nitrogen and oxygen atoms in total. The van der Waals surface area contributed by atoms with Crippen molar-refractivity contribution in [3.05, 3.63) is 57.9 Å². The summed E-state index contributed by atoms with van der Waals surface area (Å²) in [6, 6.07) is 9.17. The molecule has 1 atom stereocenters. The van der Waals surface area contributed by atoms with Crippen LogP contribution in [0.5, 0.6) is 0 Å². The van der Waals surface area contributed by atoms with E-state index in [-0.39, 0.29) is 17.8 Å². The first kappa shape index (κ1) is 20.8. The number of rotatable bonds is 6. The van der Waals surface area contributed by atoms with E-state index in [0.717, 1.165) is 18.4 Å². The van der Waals surface area contributed by atoms with Gasteiger partial charge in [-0.2, -0.15) is 14.9 Å². The molecule has 2 aromatic heterocycles. The van der Waals surface area contributed by atoms with Gasteiger partial charge in [0.15, 0.2) is 17.3 Å². The number of carbonyl (C=O) groups excluding carboxylic acids is 2. The summed E-state index contributed by atoms with van der Waals surface area (Å²) < 4.78 is 1.55. The van der Waals surface area contributed by atoms with Gasteiger partial charge in [-0.3, -0.25) is 10.1 Å². The van der Waals surface area contributed by atoms with Crippen molar-refractivity contribution in [2.75, 3.05) is 10.6 Å². The SMILES string of the molecule is CC(Nc1nc2c(/C=C3\NC(=O)NC3=O)cnn2c(NC2CC2)c1C#N)c1cccc(Cl)c1. The van der Waals surface area contributed by atoms with Crippen LogP contribution >= 0.6 is 11.6 Å². The maximum absolute atomic E-state index is 12.0. The van der Waals surface area contributed by atoms with Gasteiger partial charge in [0.25, 0.3) is 5.91 Å². The van der Waals surface area contributed by atoms with Gasteiger partial charge in [-0.1, -0.05) is 23.7 Å². The fraction of sp³-hybridized carbons (Fsp3) is 0.227. The van der Waals surface area contributed by atoms with Crippen LogP contribution in [0, 0.1) is 11.3 Å². The van der Waals surface area contributed by atoms with Gasteiger partial charge in [-0.05, 0) is 43.5 Å². The number of fused-ring (bicyclic) bond motifs is 1. The van der Waals surface area contributed by atoms with Crippen LogP contribution in [0.15, 0.2) is 36.2 Å². The van der Waals surface area contributed by atoms with E-state index < -0.39 is 11.9 Å². The van der Waals surface area contributed by atoms with Crippen molar-refractivity contribution in [1.82, 2.24) is 25.2 Å². The Morgan fingerprint density at radius 3 is 2.82 bits per heavy atom. The number of urea groups is 1. The summed E-state index contributed by atoms with van der Waals surface area (Å²) in [6.45, 7) is 1.95. The summed E-state index contributed by atoms with van der Waals surface area (Å²) in [4.78, 5) is 28.1. The molecular weight excluding hydrogens is 444 g/mol. The van der Waals surface area contributed by atoms with E-state index in [2.05, 4.69) is 37.4 Å². The van der Waals surface area contributed by atoms with Crippen LogP contribution in [-0.4, -0.2) is 32.6 Å². The lowest BCUT2D eigenvalue weighted by molar-refractivity contribution is -0.115. The second-order valence-electron chi connectivity index (χ2n) is 7.94. The van der Waals surface area contributed by atoms with Gasteiger partial charge >= 0.3 is 6.03 Å². The molecule has 11 heteroatoms. The van der Waals surface area contributed by atoms with Crippen LogP contribution in [-0.2, 0) is 4.79 Å². The molecule has 166 valence electrons. The number of hydrogen-bond acceptors (Lipinski definition) is 7. The van der Waals surface area contributed by atoms with E-state index in [1.807, 2.05) is 25.1 Å². The monoisotopic (exact) mass is 462 g/mol. The maximum Gasteiger partial charge on any atom is 0.326 e. The van der Waals surface area contributed by atoms with E-state index in [0.29, 0.717) is 33.4 Å². The van der Waals surface area contributed by atoms with Crippen LogP contribution in [0.25, 0.3) is 11.7 Å². The van der Waals surface area contributed by atoms with Gasteiger partial charge in [0.05, 0.1) is 12.2 Å². The number of imide groups is 1. The minimum Gasteiger partial charge on any atom is -0.366 e. The smallest absolute Gasteiger partial charge is 0.326 e. The number of carbonyl (C=O) groups is 2. The first-order valence-corrected chi connectivity index (χ1v) is 10.7. The quantitative estimate of drug-likeness (QED) is 0.326. The first-order chi connectivity index (χ1) is 15.9. The Kier molecular flexibility index (Phi) is 5.11. The molecule has 1 aliphatic heterocycles. The number of nitrogens with zero attached hydrogens (tertiary/aromatic N) is 4. The standard InChI is InChI=1S/C22H19ClN8O2/c1-11(12-3-2-4-14(23)7-12)26-18-16(9-24)20(27-15-5-6-15)31-19(29-18)13(10-25-31)8-17-21(32)30-22(33)28-17/h2-4,7-8,10-11,15,27H,5-6H2,1H3,(H,26,29)(H2,28,30,32,33)/b17-8-. The van der Waals surface area contributed by atoms with Gasteiger partial charge in [0, 0.05) is 16.6 Å². The second-order valence-corrected chi connectivity index (χ2v) is 8.37. The zero-order valence-corrected chi connectivity index (χ0v) is 18.3. The van der Waals surface area contributed by atoms with E-state index >= 15 is 0 Å². The molecule has 4 N–H and O–H groups in total. The van der Waals surface area contributed by atoms with Crippen molar-refractivity contribution in [2.24, 2.45) is 0 Å². The third-order valence-electron chi connectivity index (χ3n) is 5.43. The molecule has 1 aliphatic carbocycles. The van der Waals surface area contributed by atoms with Crippen LogP contribution in [0.3, 0.4) is 0 Å². The fourth-order valence-electron chi connectivity index (χ4n) is 3.58. The van der Waals surface area contributed by atoms with Crippen LogP contribution in [0.2, 0.25) is 5.02 Å². The molecule has 1 aromatic carbocycles. The molecule has 3 heterocycles. The number of nitriles is 1. The van der Waals surface area contributed by atoms with Gasteiger partial charge < -0.3 is 16.0 Å². The predicted molar refractivity (Wildman–Crippen MR) is 122 cm³/mol. The van der Waals surface area contributed by atoms with Crippen LogP contribution < -0.4 is 21.3 Å². The Labute approximate surface area is 193 Å². The summed E-state index contributed by atoms with van der Waals surface area (Å²) >= 11 is 6.14. The van der Waals surface area contributed by atoms with E-state index in [9.17, 15) is 14.9 Å². The van der Waals surface area contributed by atoms with Crippen molar-refractivity contribution in [2.45, 2.75) is 31.8 Å². The lowest BCUT2D eigenvalue weighted by atomic mass is 10.1. The van der Waals surface area contributed by atoms with Crippen LogP contribution in [0.1, 0.15) is 42.5 Å². The highest BCUT2D eigenvalue weighted by molar-refractivity contribution is 6.30. The Bertz CT molecular complexity index is 1370. The van der Waals surface area contributed by atoms with E-state index in [1.54, 1.807) is 10.6 Å². The number of benzene rings is 1. The molecular formula is C22H19ClN8O2. The number of halogens is 1. The summed E-state index contributed by atoms with van der Waals surface area (Å²) in [7, 11) is 0. The lowest BCUT2D eigenvalue weighted by Crippen LogP contribution is -2.22. The van der Waals surface area contributed by atoms with Crippen molar-refractivity contribution in [3.8, 4) is 6.07 Å². The molecule has 0 spiro atoms. The lowest BCUT2D eigenvalue weighted by Gasteiger charge is -2.19. The molecule has 0 bridgehead atoms. The maximum atomic E-state index is 12.0. The largest absolute Gasteiger partial charge is 0.366 e. The third kappa shape index (κ3) is 4.06. The summed E-state index contributed by atoms with van der Waals surface area (Å²) in [5.41, 5.74) is 2.31. The van der Waals surface area contributed by atoms with E-state index in [4.69, 9.17) is 11.6 Å². The number of anilines is 2. The average molecular weight is 463 g/mol. The second kappa shape index (κ2) is 8.11. The molecule has 5 rings (SSSR count). The summed E-state index contributed by atoms with van der Waals surface area (Å²) in [5.74, 6) is 0.369. The zero-order chi connectivity index (χ0) is 23.1. The number of amides is 3. The molecule has 0 radical (unpaired) electrons. The Hall–Kier alpha value is -4.10. The number of nitrogens with one attached hydrogen (secondary N) is 4. The predicted octanol–water partition coefficient (Wildman–Crippen LogP) is 3.18. The molecule has 1 saturated carbocycles. The molecule has 33 heavy (non-hydrogen) atoms. The number of hydrogen-bond donors (Lipinski definition) is 4. The minimum atomic E-state index is -0.587. The van der Waals surface area contributed by atoms with E-state index in [1.165, 1.54) is 12.3 Å². The molecule has 1 saturated heterocycles. The summed E-state index contributed by atoms with van der Waals surface area (Å²) in [5, 5.41) is 26.3. The van der Waals surface area contributed by atoms with Crippen LogP contribution in [0.4, 0.5) is 16.4 Å². The topological polar surface area (TPSA) is 136 Å². The first-order valence-electron chi connectivity index (χ1n) is 10.4. The highest BCUT2D eigenvalue weighted by atomic mass is 35.5. The average Bonchev–Trinajstić information content (AvgIpc) is 3.43. The fourth-order valence-corrected chi connectivity index (χ4v) is 3.78. The molecule has 1 unspecified atom stereocenters. The third-order valence-corrected chi connectivity index (χ3v) is 5.66. The Balaban J connectivity index is 1.61. The Morgan fingerprint density at radius 1 is 1.33 bits per heavy atom. The van der Waals surface area contributed by atoms with Crippen molar-refractivity contribution >= 4 is 46.9 Å². The van der Waals surface area contributed by atoms with Crippen molar-refractivity contribution in [1.29, 1.82) is 5.26 Å². The van der Waals surface area contributed by atoms with Crippen molar-refractivity contribution < 1.29 is 9.59 Å². The highest BCUT2D eigenvalue weighted by Crippen LogP contribution is 2.32. The van der Waals surface area contributed by atoms with Crippen molar-refractivity contribution in [3.63, 3.8) is 0 Å². The molecule has 2 fully saturated rings. The minimum absolute atomic E-state index is 0.0968. The summed E-state index contributed by atoms with van der Waals surface area (Å²) in [6.07, 6.45) is 5.05. The normalized spacial score (nSPS) is 17.5. The molecule has 3 amide bonds. The highest BCUT2D eigenvalue weighted by Gasteiger charge is 2.28. The number of aromatic nitrogens is 3. The van der Waals surface area contributed by atoms with Gasteiger partial charge in [0.2, 0.25) is 0 Å². The molecule has 3 aromatic rings. The molecule has 2 aliphatic rings. The van der Waals surface area contributed by atoms with Gasteiger partial charge in [-0.25, -0.2) is 9.78 Å². The van der Waals surface area contributed by atoms with Gasteiger partial charge in [-0.15, -0.1) is 0 Å². The Morgan fingerprint density at radius 2 is 2.15 bits per heavy atom. The van der Waals surface area contributed by atoms with Gasteiger partial charge in [0.1, 0.15) is 17.3 Å².